The largest absolute Gasteiger partial charge is 0.493 e. The fourth-order valence-electron chi connectivity index (χ4n) is 5.34. The van der Waals surface area contributed by atoms with Gasteiger partial charge >= 0.3 is 5.97 Å². The fraction of sp³-hybridized carbons (Fsp3) is 0.297. The highest BCUT2D eigenvalue weighted by molar-refractivity contribution is 7.17. The number of rotatable bonds is 13. The van der Waals surface area contributed by atoms with Gasteiger partial charge in [0.1, 0.15) is 17.4 Å². The molecule has 0 fully saturated rings. The summed E-state index contributed by atoms with van der Waals surface area (Å²) >= 11 is 13.9. The molecule has 262 valence electrons. The van der Waals surface area contributed by atoms with Crippen LogP contribution in [0.4, 0.5) is 5.00 Å². The zero-order valence-corrected chi connectivity index (χ0v) is 30.3. The Morgan fingerprint density at radius 1 is 1.06 bits per heavy atom. The van der Waals surface area contributed by atoms with E-state index < -0.39 is 18.0 Å². The Kier molecular flexibility index (Phi) is 12.4. The minimum absolute atomic E-state index is 0.153. The third kappa shape index (κ3) is 8.95. The van der Waals surface area contributed by atoms with Crippen molar-refractivity contribution >= 4 is 63.5 Å². The quantitative estimate of drug-likeness (QED) is 0.0807. The number of hydrogen-bond donors (Lipinski definition) is 2. The van der Waals surface area contributed by atoms with Crippen LogP contribution in [0.15, 0.2) is 65.8 Å². The lowest BCUT2D eigenvalue weighted by Crippen LogP contribution is -2.33. The number of fused-ring (bicyclic) bond motifs is 1. The SMILES string of the molecule is CCOC(=O)c1c(NC(=O)c2ccc(O[C@@H](C)C(=O)N/N=C\c3ccc(OCc4c(Cl)cccc4Cl)c(OC)c3)cc2)sc2c1CC[C@@H](C)C2. The van der Waals surface area contributed by atoms with Crippen LogP contribution in [-0.2, 0) is 29.0 Å². The number of carbonyl (C=O) groups excluding carboxylic acids is 3. The minimum Gasteiger partial charge on any atom is -0.493 e. The third-order valence-electron chi connectivity index (χ3n) is 8.03. The summed E-state index contributed by atoms with van der Waals surface area (Å²) in [5.74, 6) is 0.577. The number of halogens is 2. The number of anilines is 1. The van der Waals surface area contributed by atoms with Crippen LogP contribution >= 0.6 is 34.5 Å². The van der Waals surface area contributed by atoms with Gasteiger partial charge in [-0.1, -0.05) is 36.2 Å². The van der Waals surface area contributed by atoms with Gasteiger partial charge in [0.2, 0.25) is 0 Å². The summed E-state index contributed by atoms with van der Waals surface area (Å²) in [7, 11) is 1.52. The van der Waals surface area contributed by atoms with E-state index in [1.165, 1.54) is 24.7 Å². The van der Waals surface area contributed by atoms with Crippen molar-refractivity contribution in [2.75, 3.05) is 19.0 Å². The molecule has 1 aliphatic carbocycles. The van der Waals surface area contributed by atoms with Crippen LogP contribution in [0.1, 0.15) is 69.5 Å². The molecule has 0 aliphatic heterocycles. The molecule has 0 unspecified atom stereocenters. The van der Waals surface area contributed by atoms with Crippen molar-refractivity contribution in [3.05, 3.63) is 103 Å². The Labute approximate surface area is 304 Å². The van der Waals surface area contributed by atoms with Gasteiger partial charge in [-0.2, -0.15) is 5.10 Å². The van der Waals surface area contributed by atoms with Gasteiger partial charge in [-0.05, 0) is 105 Å². The number of nitrogens with zero attached hydrogens (tertiary/aromatic N) is 1. The first-order chi connectivity index (χ1) is 24.1. The van der Waals surface area contributed by atoms with Gasteiger partial charge in [0.05, 0.1) is 25.5 Å². The van der Waals surface area contributed by atoms with Crippen LogP contribution in [0.25, 0.3) is 0 Å². The summed E-state index contributed by atoms with van der Waals surface area (Å²) < 4.78 is 22.4. The molecule has 0 spiro atoms. The number of amides is 2. The molecule has 3 aromatic carbocycles. The first kappa shape index (κ1) is 36.7. The van der Waals surface area contributed by atoms with E-state index in [-0.39, 0.29) is 19.1 Å². The molecule has 13 heteroatoms. The maximum Gasteiger partial charge on any atom is 0.341 e. The molecular formula is C37H37Cl2N3O7S. The Hall–Kier alpha value is -4.58. The van der Waals surface area contributed by atoms with Gasteiger partial charge in [0, 0.05) is 26.0 Å². The van der Waals surface area contributed by atoms with E-state index >= 15 is 0 Å². The maximum absolute atomic E-state index is 13.2. The highest BCUT2D eigenvalue weighted by atomic mass is 35.5. The second-order valence-corrected chi connectivity index (χ2v) is 13.6. The van der Waals surface area contributed by atoms with E-state index in [1.807, 2.05) is 0 Å². The average Bonchev–Trinajstić information content (AvgIpc) is 3.45. The molecule has 1 heterocycles. The number of hydrogen-bond acceptors (Lipinski definition) is 9. The Balaban J connectivity index is 1.15. The lowest BCUT2D eigenvalue weighted by molar-refractivity contribution is -0.127. The molecule has 2 atom stereocenters. The van der Waals surface area contributed by atoms with Gasteiger partial charge in [-0.25, -0.2) is 10.2 Å². The highest BCUT2D eigenvalue weighted by Crippen LogP contribution is 2.40. The van der Waals surface area contributed by atoms with Crippen LogP contribution in [0.3, 0.4) is 0 Å². The number of carbonyl (C=O) groups is 3. The maximum atomic E-state index is 13.2. The summed E-state index contributed by atoms with van der Waals surface area (Å²) in [6, 6.07) is 16.8. The van der Waals surface area contributed by atoms with E-state index in [2.05, 4.69) is 22.8 Å². The van der Waals surface area contributed by atoms with Crippen molar-refractivity contribution < 1.29 is 33.3 Å². The number of esters is 1. The number of thiophene rings is 1. The van der Waals surface area contributed by atoms with Gasteiger partial charge in [0.15, 0.2) is 17.6 Å². The highest BCUT2D eigenvalue weighted by Gasteiger charge is 2.29. The van der Waals surface area contributed by atoms with E-state index in [4.69, 9.17) is 42.1 Å². The van der Waals surface area contributed by atoms with Gasteiger partial charge in [-0.15, -0.1) is 11.3 Å². The van der Waals surface area contributed by atoms with Crippen LogP contribution in [-0.4, -0.2) is 43.8 Å². The smallest absolute Gasteiger partial charge is 0.341 e. The first-order valence-corrected chi connectivity index (χ1v) is 17.6. The molecule has 50 heavy (non-hydrogen) atoms. The van der Waals surface area contributed by atoms with E-state index in [1.54, 1.807) is 74.5 Å². The number of hydrazone groups is 1. The van der Waals surface area contributed by atoms with Crippen molar-refractivity contribution in [2.45, 2.75) is 52.7 Å². The Bertz CT molecular complexity index is 1870. The zero-order chi connectivity index (χ0) is 35.8. The lowest BCUT2D eigenvalue weighted by atomic mass is 9.88. The third-order valence-corrected chi connectivity index (χ3v) is 9.90. The molecule has 0 bridgehead atoms. The number of ether oxygens (including phenoxy) is 4. The predicted molar refractivity (Wildman–Crippen MR) is 195 cm³/mol. The topological polar surface area (TPSA) is 125 Å². The lowest BCUT2D eigenvalue weighted by Gasteiger charge is -2.18. The van der Waals surface area contributed by atoms with Gasteiger partial charge in [0.25, 0.3) is 11.8 Å². The molecule has 0 radical (unpaired) electrons. The molecule has 1 aromatic heterocycles. The zero-order valence-electron chi connectivity index (χ0n) is 28.0. The molecule has 10 nitrogen and oxygen atoms in total. The van der Waals surface area contributed by atoms with Gasteiger partial charge < -0.3 is 24.3 Å². The summed E-state index contributed by atoms with van der Waals surface area (Å²) in [5.41, 5.74) is 5.58. The minimum atomic E-state index is -0.888. The number of methoxy groups -OCH3 is 1. The second kappa shape index (κ2) is 16.9. The van der Waals surface area contributed by atoms with E-state index in [0.717, 1.165) is 29.7 Å². The monoisotopic (exact) mass is 737 g/mol. The molecule has 4 aromatic rings. The van der Waals surface area contributed by atoms with Crippen molar-refractivity contribution in [1.82, 2.24) is 5.43 Å². The van der Waals surface area contributed by atoms with Crippen LogP contribution < -0.4 is 25.0 Å². The fourth-order valence-corrected chi connectivity index (χ4v) is 7.24. The molecule has 1 aliphatic rings. The van der Waals surface area contributed by atoms with Gasteiger partial charge in [-0.3, -0.25) is 9.59 Å². The van der Waals surface area contributed by atoms with Crippen molar-refractivity contribution in [1.29, 1.82) is 0 Å². The van der Waals surface area contributed by atoms with Crippen LogP contribution in [0.5, 0.6) is 17.2 Å². The molecule has 2 amide bonds. The Morgan fingerprint density at radius 2 is 1.80 bits per heavy atom. The van der Waals surface area contributed by atoms with Crippen molar-refractivity contribution in [3.8, 4) is 17.2 Å². The number of benzene rings is 3. The summed E-state index contributed by atoms with van der Waals surface area (Å²) in [6.45, 7) is 5.93. The van der Waals surface area contributed by atoms with Crippen molar-refractivity contribution in [2.24, 2.45) is 11.0 Å². The first-order valence-electron chi connectivity index (χ1n) is 16.0. The molecule has 2 N–H and O–H groups in total. The average molecular weight is 739 g/mol. The van der Waals surface area contributed by atoms with E-state index in [0.29, 0.717) is 60.5 Å². The van der Waals surface area contributed by atoms with Crippen LogP contribution in [0.2, 0.25) is 10.0 Å². The normalized spacial score (nSPS) is 14.4. The number of nitrogens with one attached hydrogen (secondary N) is 2. The molecule has 0 saturated heterocycles. The molecule has 5 rings (SSSR count). The molecule has 0 saturated carbocycles. The standard InChI is InChI=1S/C37H37Cl2N3O7S/c1-5-47-37(45)33-26-15-9-21(2)17-32(26)50-36(33)41-35(44)24-11-13-25(14-12-24)49-22(3)34(43)42-40-19-23-10-16-30(31(18-23)46-4)48-20-27-28(38)7-6-8-29(27)39/h6-8,10-14,16,18-19,21-22H,5,9,15,17,20H2,1-4H3,(H,41,44)(H,42,43)/b40-19-/t21-,22+/m1/s1. The van der Waals surface area contributed by atoms with Crippen molar-refractivity contribution in [3.63, 3.8) is 0 Å². The predicted octanol–water partition coefficient (Wildman–Crippen LogP) is 8.11. The Morgan fingerprint density at radius 3 is 2.50 bits per heavy atom. The molecular weight excluding hydrogens is 701 g/mol. The second-order valence-electron chi connectivity index (χ2n) is 11.6. The van der Waals surface area contributed by atoms with Crippen LogP contribution in [0, 0.1) is 5.92 Å². The van der Waals surface area contributed by atoms with E-state index in [9.17, 15) is 14.4 Å². The summed E-state index contributed by atoms with van der Waals surface area (Å²) in [4.78, 5) is 39.8. The summed E-state index contributed by atoms with van der Waals surface area (Å²) in [5, 5.41) is 8.46. The summed E-state index contributed by atoms with van der Waals surface area (Å²) in [6.07, 6.45) is 3.20.